The number of amides is 4. The maximum atomic E-state index is 13.4. The standard InChI is InChI=1S/C40H47N11O4/c1-46(2)39(55)33-20-25-21-42-40(45-36(25)51(33)26-6-3-4-7-26)43-34-12-10-27(22-41-34)48-18-16-47(17-19-48)23-28-14-15-49(28)31-9-5-8-29-30(31)24-50(38(29)54)32-11-13-35(52)44-37(32)53/h5,8-10,12,20-22,26,28,32H,3-4,6-7,11,13-19,23-24H2,1-2H3,(H,44,52,53)(H,41,42,43,45)/t28-,32-/m1/s1. The molecule has 4 aliphatic heterocycles. The number of piperidine rings is 1. The van der Waals surface area contributed by atoms with E-state index in [0.717, 1.165) is 99.3 Å². The molecule has 3 aromatic heterocycles. The molecule has 4 aromatic rings. The van der Waals surface area contributed by atoms with Gasteiger partial charge in [-0.15, -0.1) is 0 Å². The molecular weight excluding hydrogens is 699 g/mol. The van der Waals surface area contributed by atoms with Crippen LogP contribution in [0.15, 0.2) is 48.8 Å². The summed E-state index contributed by atoms with van der Waals surface area (Å²) < 4.78 is 2.12. The molecule has 2 N–H and O–H groups in total. The lowest BCUT2D eigenvalue weighted by Crippen LogP contribution is -2.57. The topological polar surface area (TPSA) is 152 Å². The fraction of sp³-hybridized carbons (Fsp3) is 0.475. The molecule has 7 heterocycles. The monoisotopic (exact) mass is 745 g/mol. The van der Waals surface area contributed by atoms with Gasteiger partial charge >= 0.3 is 0 Å². The first-order chi connectivity index (χ1) is 26.7. The predicted octanol–water partition coefficient (Wildman–Crippen LogP) is 3.55. The van der Waals surface area contributed by atoms with Crippen LogP contribution in [0.25, 0.3) is 11.0 Å². The lowest BCUT2D eigenvalue weighted by molar-refractivity contribution is -0.136. The summed E-state index contributed by atoms with van der Waals surface area (Å²) in [7, 11) is 3.56. The van der Waals surface area contributed by atoms with Gasteiger partial charge in [0, 0.05) is 107 Å². The smallest absolute Gasteiger partial charge is 0.270 e. The van der Waals surface area contributed by atoms with E-state index in [0.29, 0.717) is 42.0 Å². The van der Waals surface area contributed by atoms with Gasteiger partial charge < -0.3 is 29.5 Å². The fourth-order valence-corrected chi connectivity index (χ4v) is 9.03. The highest BCUT2D eigenvalue weighted by Gasteiger charge is 2.42. The summed E-state index contributed by atoms with van der Waals surface area (Å²) in [6.07, 6.45) is 9.74. The van der Waals surface area contributed by atoms with Crippen molar-refractivity contribution in [3.8, 4) is 0 Å². The van der Waals surface area contributed by atoms with E-state index in [1.165, 1.54) is 0 Å². The average Bonchev–Trinajstić information content (AvgIpc) is 3.92. The number of fused-ring (bicyclic) bond motifs is 2. The first kappa shape index (κ1) is 35.2. The molecule has 286 valence electrons. The summed E-state index contributed by atoms with van der Waals surface area (Å²) in [5.74, 6) is 0.282. The Morgan fingerprint density at radius 2 is 1.75 bits per heavy atom. The molecule has 15 heteroatoms. The van der Waals surface area contributed by atoms with E-state index in [2.05, 4.69) is 47.0 Å². The van der Waals surface area contributed by atoms with Crippen molar-refractivity contribution in [2.45, 2.75) is 69.6 Å². The molecule has 0 spiro atoms. The number of carbonyl (C=O) groups excluding carboxylic acids is 4. The zero-order chi connectivity index (χ0) is 37.8. The third-order valence-electron chi connectivity index (χ3n) is 12.1. The molecule has 0 bridgehead atoms. The molecule has 3 saturated heterocycles. The maximum absolute atomic E-state index is 13.4. The summed E-state index contributed by atoms with van der Waals surface area (Å²) in [5.41, 5.74) is 5.21. The second kappa shape index (κ2) is 14.3. The summed E-state index contributed by atoms with van der Waals surface area (Å²) in [4.78, 5) is 75.5. The second-order valence-corrected chi connectivity index (χ2v) is 15.7. The minimum Gasteiger partial charge on any atom is -0.368 e. The zero-order valence-corrected chi connectivity index (χ0v) is 31.4. The molecule has 4 amide bonds. The quantitative estimate of drug-likeness (QED) is 0.242. The van der Waals surface area contributed by atoms with Gasteiger partial charge in [0.1, 0.15) is 23.2 Å². The summed E-state index contributed by atoms with van der Waals surface area (Å²) in [6.45, 7) is 5.92. The van der Waals surface area contributed by atoms with Gasteiger partial charge in [-0.05, 0) is 56.0 Å². The van der Waals surface area contributed by atoms with Crippen molar-refractivity contribution in [2.24, 2.45) is 0 Å². The maximum Gasteiger partial charge on any atom is 0.270 e. The first-order valence-electron chi connectivity index (χ1n) is 19.5. The van der Waals surface area contributed by atoms with Gasteiger partial charge in [-0.1, -0.05) is 18.9 Å². The van der Waals surface area contributed by atoms with Crippen molar-refractivity contribution in [2.75, 3.05) is 68.5 Å². The van der Waals surface area contributed by atoms with Crippen molar-refractivity contribution in [1.82, 2.24) is 39.5 Å². The van der Waals surface area contributed by atoms with Crippen LogP contribution in [0.1, 0.15) is 77.4 Å². The van der Waals surface area contributed by atoms with Gasteiger partial charge in [0.2, 0.25) is 17.8 Å². The average molecular weight is 746 g/mol. The molecule has 9 rings (SSSR count). The Balaban J connectivity index is 0.810. The molecule has 1 saturated carbocycles. The highest BCUT2D eigenvalue weighted by Crippen LogP contribution is 2.38. The van der Waals surface area contributed by atoms with E-state index in [1.54, 1.807) is 30.1 Å². The summed E-state index contributed by atoms with van der Waals surface area (Å²) in [6, 6.07) is 11.8. The molecule has 55 heavy (non-hydrogen) atoms. The Labute approximate surface area is 319 Å². The number of hydrogen-bond donors (Lipinski definition) is 2. The summed E-state index contributed by atoms with van der Waals surface area (Å²) in [5, 5.41) is 6.53. The highest BCUT2D eigenvalue weighted by molar-refractivity contribution is 6.06. The second-order valence-electron chi connectivity index (χ2n) is 15.7. The van der Waals surface area contributed by atoms with Crippen LogP contribution in [0.2, 0.25) is 0 Å². The van der Waals surface area contributed by atoms with Crippen LogP contribution in [-0.4, -0.2) is 123 Å². The number of anilines is 4. The van der Waals surface area contributed by atoms with Crippen molar-refractivity contribution < 1.29 is 19.2 Å². The molecule has 0 radical (unpaired) electrons. The number of piperazine rings is 1. The fourth-order valence-electron chi connectivity index (χ4n) is 9.03. The van der Waals surface area contributed by atoms with Gasteiger partial charge in [-0.25, -0.2) is 9.97 Å². The molecule has 1 aliphatic carbocycles. The third kappa shape index (κ3) is 6.53. The van der Waals surface area contributed by atoms with Crippen molar-refractivity contribution >= 4 is 57.8 Å². The lowest BCUT2D eigenvalue weighted by atomic mass is 9.97. The van der Waals surface area contributed by atoms with Crippen LogP contribution in [-0.2, 0) is 16.1 Å². The largest absolute Gasteiger partial charge is 0.368 e. The van der Waals surface area contributed by atoms with Crippen LogP contribution < -0.4 is 20.4 Å². The number of hydrogen-bond acceptors (Lipinski definition) is 11. The minimum absolute atomic E-state index is 0.0297. The van der Waals surface area contributed by atoms with Crippen LogP contribution in [0.5, 0.6) is 0 Å². The van der Waals surface area contributed by atoms with Crippen LogP contribution in [0.4, 0.5) is 23.1 Å². The van der Waals surface area contributed by atoms with Crippen LogP contribution in [0.3, 0.4) is 0 Å². The Hall–Kier alpha value is -5.57. The van der Waals surface area contributed by atoms with Gasteiger partial charge in [0.05, 0.1) is 11.9 Å². The Bertz CT molecular complexity index is 2150. The highest BCUT2D eigenvalue weighted by atomic mass is 16.2. The molecule has 2 atom stereocenters. The van der Waals surface area contributed by atoms with Gasteiger partial charge in [0.25, 0.3) is 11.8 Å². The molecule has 5 aliphatic rings. The third-order valence-corrected chi connectivity index (χ3v) is 12.1. The number of nitrogens with one attached hydrogen (secondary N) is 2. The van der Waals surface area contributed by atoms with Gasteiger partial charge in [0.15, 0.2) is 0 Å². The van der Waals surface area contributed by atoms with Crippen molar-refractivity contribution in [3.63, 3.8) is 0 Å². The lowest BCUT2D eigenvalue weighted by Gasteiger charge is -2.47. The number of benzene rings is 1. The number of rotatable bonds is 9. The Morgan fingerprint density at radius 3 is 2.45 bits per heavy atom. The first-order valence-corrected chi connectivity index (χ1v) is 19.5. The van der Waals surface area contributed by atoms with Crippen LogP contribution in [0, 0.1) is 0 Å². The molecular formula is C40H47N11O4. The number of carbonyl (C=O) groups is 4. The predicted molar refractivity (Wildman–Crippen MR) is 207 cm³/mol. The van der Waals surface area contributed by atoms with E-state index in [-0.39, 0.29) is 36.1 Å². The van der Waals surface area contributed by atoms with Crippen LogP contribution >= 0.6 is 0 Å². The SMILES string of the molecule is CN(C)C(=O)c1cc2cnc(Nc3ccc(N4CCN(C[C@H]5CCN5c5cccc6c5CN([C@@H]5CCC(=O)NC5=O)C6=O)CC4)cn3)nc2n1C1CCCC1. The Morgan fingerprint density at radius 1 is 0.927 bits per heavy atom. The number of aromatic nitrogens is 4. The molecule has 15 nitrogen and oxygen atoms in total. The van der Waals surface area contributed by atoms with E-state index in [1.807, 2.05) is 30.5 Å². The van der Waals surface area contributed by atoms with E-state index < -0.39 is 6.04 Å². The minimum atomic E-state index is -0.615. The number of imide groups is 1. The van der Waals surface area contributed by atoms with Crippen molar-refractivity contribution in [3.05, 3.63) is 65.6 Å². The normalized spacial score (nSPS) is 21.9. The Kier molecular flexibility index (Phi) is 9.11. The number of nitrogens with zero attached hydrogens (tertiary/aromatic N) is 9. The van der Waals surface area contributed by atoms with E-state index in [9.17, 15) is 19.2 Å². The van der Waals surface area contributed by atoms with Gasteiger partial charge in [-0.2, -0.15) is 4.98 Å². The van der Waals surface area contributed by atoms with E-state index in [4.69, 9.17) is 9.97 Å². The zero-order valence-electron chi connectivity index (χ0n) is 31.4. The summed E-state index contributed by atoms with van der Waals surface area (Å²) >= 11 is 0. The molecule has 1 aromatic carbocycles. The van der Waals surface area contributed by atoms with E-state index >= 15 is 0 Å². The molecule has 4 fully saturated rings. The molecule has 0 unspecified atom stereocenters. The van der Waals surface area contributed by atoms with Gasteiger partial charge in [-0.3, -0.25) is 29.4 Å². The number of pyridine rings is 1. The van der Waals surface area contributed by atoms with Crippen molar-refractivity contribution in [1.29, 1.82) is 0 Å².